The predicted molar refractivity (Wildman–Crippen MR) is 74.4 cm³/mol. The van der Waals surface area contributed by atoms with Crippen molar-refractivity contribution in [3.05, 3.63) is 29.3 Å². The minimum atomic E-state index is -0.00406. The average molecular weight is 270 g/mol. The van der Waals surface area contributed by atoms with Crippen molar-refractivity contribution in [2.24, 2.45) is 0 Å². The zero-order chi connectivity index (χ0) is 13.4. The van der Waals surface area contributed by atoms with Gasteiger partial charge in [-0.15, -0.1) is 11.6 Å². The number of amides is 1. The highest BCUT2D eigenvalue weighted by Gasteiger charge is 2.05. The van der Waals surface area contributed by atoms with Crippen molar-refractivity contribution in [2.75, 3.05) is 19.5 Å². The van der Waals surface area contributed by atoms with Gasteiger partial charge in [-0.1, -0.05) is 19.1 Å². The summed E-state index contributed by atoms with van der Waals surface area (Å²) >= 11 is 5.50. The van der Waals surface area contributed by atoms with Gasteiger partial charge in [-0.3, -0.25) is 4.79 Å². The number of benzene rings is 1. The smallest absolute Gasteiger partial charge is 0.221 e. The van der Waals surface area contributed by atoms with Crippen LogP contribution in [0.3, 0.4) is 0 Å². The number of alkyl halides is 1. The van der Waals surface area contributed by atoms with Gasteiger partial charge in [-0.05, 0) is 30.0 Å². The molecule has 1 aromatic carbocycles. The highest BCUT2D eigenvalue weighted by molar-refractivity contribution is 6.18. The minimum absolute atomic E-state index is 0.00406. The van der Waals surface area contributed by atoms with Crippen molar-refractivity contribution in [1.82, 2.24) is 5.32 Å². The first-order valence-corrected chi connectivity index (χ1v) is 6.73. The maximum absolute atomic E-state index is 11.3. The first-order valence-electron chi connectivity index (χ1n) is 6.19. The zero-order valence-electron chi connectivity index (χ0n) is 11.0. The summed E-state index contributed by atoms with van der Waals surface area (Å²) in [5.41, 5.74) is 2.40. The molecule has 1 amide bonds. The fraction of sp³-hybridized carbons (Fsp3) is 0.500. The molecule has 1 N–H and O–H groups in total. The van der Waals surface area contributed by atoms with Gasteiger partial charge in [0.1, 0.15) is 5.75 Å². The maximum Gasteiger partial charge on any atom is 0.221 e. The number of methoxy groups -OCH3 is 1. The molecule has 0 fully saturated rings. The summed E-state index contributed by atoms with van der Waals surface area (Å²) in [4.78, 5) is 11.3. The van der Waals surface area contributed by atoms with Gasteiger partial charge in [-0.25, -0.2) is 0 Å². The second kappa shape index (κ2) is 7.98. The Balaban J connectivity index is 2.57. The number of rotatable bonds is 7. The summed E-state index contributed by atoms with van der Waals surface area (Å²) in [6.45, 7) is 2.73. The normalized spacial score (nSPS) is 10.2. The Kier molecular flexibility index (Phi) is 6.58. The van der Waals surface area contributed by atoms with Crippen LogP contribution in [0, 0.1) is 0 Å². The Hall–Kier alpha value is -1.22. The number of carbonyl (C=O) groups is 1. The third-order valence-electron chi connectivity index (χ3n) is 2.79. The van der Waals surface area contributed by atoms with Gasteiger partial charge in [-0.2, -0.15) is 0 Å². The van der Waals surface area contributed by atoms with Crippen molar-refractivity contribution in [2.45, 2.75) is 26.2 Å². The van der Waals surface area contributed by atoms with E-state index < -0.39 is 0 Å². The Labute approximate surface area is 113 Å². The van der Waals surface area contributed by atoms with Crippen LogP contribution in [-0.2, 0) is 17.6 Å². The molecule has 0 atom stereocenters. The van der Waals surface area contributed by atoms with Crippen molar-refractivity contribution in [3.8, 4) is 5.75 Å². The largest absolute Gasteiger partial charge is 0.496 e. The van der Waals surface area contributed by atoms with Crippen LogP contribution in [0.25, 0.3) is 0 Å². The Morgan fingerprint density at radius 2 is 2.22 bits per heavy atom. The van der Waals surface area contributed by atoms with Crippen molar-refractivity contribution in [3.63, 3.8) is 0 Å². The summed E-state index contributed by atoms with van der Waals surface area (Å²) in [7, 11) is 1.66. The van der Waals surface area contributed by atoms with E-state index in [1.54, 1.807) is 7.11 Å². The van der Waals surface area contributed by atoms with Crippen LogP contribution in [0.2, 0.25) is 0 Å². The molecule has 100 valence electrons. The summed E-state index contributed by atoms with van der Waals surface area (Å²) in [6.07, 6.45) is 2.13. The molecule has 1 aromatic rings. The molecule has 4 heteroatoms. The second-order valence-corrected chi connectivity index (χ2v) is 4.42. The molecule has 18 heavy (non-hydrogen) atoms. The molecule has 0 radical (unpaired) electrons. The molecule has 0 saturated carbocycles. The number of hydrogen-bond acceptors (Lipinski definition) is 2. The molecule has 0 aliphatic heterocycles. The van der Waals surface area contributed by atoms with Crippen LogP contribution >= 0.6 is 11.6 Å². The lowest BCUT2D eigenvalue weighted by Crippen LogP contribution is -2.25. The standard InChI is InChI=1S/C14H20ClNO2/c1-3-11-4-5-13(18-2)12(10-11)7-9-16-14(17)6-8-15/h4-5,10H,3,6-9H2,1-2H3,(H,16,17). The average Bonchev–Trinajstić information content (AvgIpc) is 2.39. The lowest BCUT2D eigenvalue weighted by atomic mass is 10.1. The van der Waals surface area contributed by atoms with Gasteiger partial charge in [0.05, 0.1) is 7.11 Å². The van der Waals surface area contributed by atoms with E-state index in [9.17, 15) is 4.79 Å². The van der Waals surface area contributed by atoms with Gasteiger partial charge in [0.25, 0.3) is 0 Å². The third-order valence-corrected chi connectivity index (χ3v) is 2.98. The Morgan fingerprint density at radius 3 is 2.83 bits per heavy atom. The van der Waals surface area contributed by atoms with E-state index >= 15 is 0 Å². The molecule has 0 spiro atoms. The predicted octanol–water partition coefficient (Wildman–Crippen LogP) is 2.55. The van der Waals surface area contributed by atoms with Crippen molar-refractivity contribution < 1.29 is 9.53 Å². The third kappa shape index (κ3) is 4.57. The topological polar surface area (TPSA) is 38.3 Å². The van der Waals surface area contributed by atoms with Crippen LogP contribution in [0.5, 0.6) is 5.75 Å². The van der Waals surface area contributed by atoms with Crippen molar-refractivity contribution in [1.29, 1.82) is 0 Å². The molecule has 0 aliphatic carbocycles. The first kappa shape index (κ1) is 14.8. The SMILES string of the molecule is CCc1ccc(OC)c(CCNC(=O)CCCl)c1. The van der Waals surface area contributed by atoms with E-state index in [1.165, 1.54) is 5.56 Å². The number of hydrogen-bond donors (Lipinski definition) is 1. The van der Waals surface area contributed by atoms with Gasteiger partial charge in [0, 0.05) is 18.8 Å². The summed E-state index contributed by atoms with van der Waals surface area (Å²) in [5, 5.41) is 2.84. The number of aryl methyl sites for hydroxylation is 1. The summed E-state index contributed by atoms with van der Waals surface area (Å²) in [6, 6.07) is 6.18. The van der Waals surface area contributed by atoms with Gasteiger partial charge < -0.3 is 10.1 Å². The fourth-order valence-electron chi connectivity index (χ4n) is 1.76. The van der Waals surface area contributed by atoms with E-state index in [1.807, 2.05) is 6.07 Å². The Morgan fingerprint density at radius 1 is 1.44 bits per heavy atom. The molecule has 0 bridgehead atoms. The number of ether oxygens (including phenoxy) is 1. The van der Waals surface area contributed by atoms with E-state index in [0.29, 0.717) is 18.8 Å². The molecule has 0 aliphatic rings. The van der Waals surface area contributed by atoms with Crippen LogP contribution < -0.4 is 10.1 Å². The highest BCUT2D eigenvalue weighted by atomic mass is 35.5. The molecular weight excluding hydrogens is 250 g/mol. The fourth-order valence-corrected chi connectivity index (χ4v) is 1.93. The number of nitrogens with one attached hydrogen (secondary N) is 1. The summed E-state index contributed by atoms with van der Waals surface area (Å²) < 4.78 is 5.32. The van der Waals surface area contributed by atoms with Gasteiger partial charge in [0.2, 0.25) is 5.91 Å². The molecule has 3 nitrogen and oxygen atoms in total. The van der Waals surface area contributed by atoms with Crippen LogP contribution in [0.4, 0.5) is 0 Å². The monoisotopic (exact) mass is 269 g/mol. The molecule has 0 saturated heterocycles. The lowest BCUT2D eigenvalue weighted by Gasteiger charge is -2.10. The van der Waals surface area contributed by atoms with E-state index in [0.717, 1.165) is 24.2 Å². The van der Waals surface area contributed by atoms with Crippen LogP contribution in [-0.4, -0.2) is 25.4 Å². The van der Waals surface area contributed by atoms with Crippen molar-refractivity contribution >= 4 is 17.5 Å². The second-order valence-electron chi connectivity index (χ2n) is 4.04. The molecule has 0 unspecified atom stereocenters. The van der Waals surface area contributed by atoms with Crippen LogP contribution in [0.1, 0.15) is 24.5 Å². The molecular formula is C14H20ClNO2. The summed E-state index contributed by atoms with van der Waals surface area (Å²) in [5.74, 6) is 1.23. The van der Waals surface area contributed by atoms with Gasteiger partial charge in [0.15, 0.2) is 0 Å². The maximum atomic E-state index is 11.3. The Bertz CT molecular complexity index is 393. The zero-order valence-corrected chi connectivity index (χ0v) is 11.7. The van der Waals surface area contributed by atoms with Crippen LogP contribution in [0.15, 0.2) is 18.2 Å². The van der Waals surface area contributed by atoms with Gasteiger partial charge >= 0.3 is 0 Å². The molecule has 1 rings (SSSR count). The number of halogens is 1. The quantitative estimate of drug-likeness (QED) is 0.773. The first-order chi connectivity index (χ1) is 8.71. The highest BCUT2D eigenvalue weighted by Crippen LogP contribution is 2.20. The molecule has 0 aromatic heterocycles. The van der Waals surface area contributed by atoms with E-state index in [-0.39, 0.29) is 5.91 Å². The lowest BCUT2D eigenvalue weighted by molar-refractivity contribution is -0.120. The van der Waals surface area contributed by atoms with E-state index in [2.05, 4.69) is 24.4 Å². The minimum Gasteiger partial charge on any atom is -0.496 e. The number of carbonyl (C=O) groups excluding carboxylic acids is 1. The van der Waals surface area contributed by atoms with E-state index in [4.69, 9.17) is 16.3 Å². The molecule has 0 heterocycles.